The van der Waals surface area contributed by atoms with Crippen molar-refractivity contribution in [2.45, 2.75) is 19.3 Å². The summed E-state index contributed by atoms with van der Waals surface area (Å²) in [6.07, 6.45) is 7.04. The summed E-state index contributed by atoms with van der Waals surface area (Å²) >= 11 is 0. The highest BCUT2D eigenvalue weighted by Gasteiger charge is 2.20. The van der Waals surface area contributed by atoms with Crippen molar-refractivity contribution in [3.05, 3.63) is 54.5 Å². The summed E-state index contributed by atoms with van der Waals surface area (Å²) in [4.78, 5) is 24.3. The Kier molecular flexibility index (Phi) is 5.75. The summed E-state index contributed by atoms with van der Waals surface area (Å²) in [7, 11) is 3.46. The number of pyridine rings is 2. The van der Waals surface area contributed by atoms with Crippen LogP contribution in [0, 0.1) is 0 Å². The van der Waals surface area contributed by atoms with Crippen LogP contribution in [0.3, 0.4) is 0 Å². The number of aryl methyl sites for hydroxylation is 1. The molecule has 34 heavy (non-hydrogen) atoms. The molecule has 0 atom stereocenters. The minimum Gasteiger partial charge on any atom is -0.494 e. The number of ether oxygens (including phenoxy) is 1. The number of amides is 1. The summed E-state index contributed by atoms with van der Waals surface area (Å²) < 4.78 is 7.26. The van der Waals surface area contributed by atoms with Gasteiger partial charge in [0.15, 0.2) is 0 Å². The fourth-order valence-electron chi connectivity index (χ4n) is 4.41. The largest absolute Gasteiger partial charge is 0.494 e. The molecule has 4 heterocycles. The Morgan fingerprint density at radius 1 is 1.12 bits per heavy atom. The van der Waals surface area contributed by atoms with Crippen LogP contribution in [-0.2, 0) is 7.05 Å². The fraction of sp³-hybridized carbons (Fsp3) is 0.280. The number of piperidine rings is 1. The lowest BCUT2D eigenvalue weighted by Crippen LogP contribution is -2.30. The zero-order chi connectivity index (χ0) is 23.7. The predicted molar refractivity (Wildman–Crippen MR) is 133 cm³/mol. The third-order valence-electron chi connectivity index (χ3n) is 6.05. The van der Waals surface area contributed by atoms with E-state index in [-0.39, 0.29) is 11.6 Å². The van der Waals surface area contributed by atoms with Crippen LogP contribution in [0.5, 0.6) is 5.75 Å². The molecule has 1 saturated heterocycles. The topological polar surface area (TPSA) is 111 Å². The number of hydrogen-bond acceptors (Lipinski definition) is 7. The standard InChI is InChI=1S/C25H27N7O2/c1-31-15-17-12-20(21(14-19(17)30-31)32-10-4-3-5-11-32)29-25(33)18-6-7-22(34-2)24(28-18)16-8-9-27-23(26)13-16/h6-9,12-15H,3-5,10-11H2,1-2H3,(H2,26,27)(H,29,33). The minimum atomic E-state index is -0.299. The van der Waals surface area contributed by atoms with Crippen molar-refractivity contribution in [3.63, 3.8) is 0 Å². The highest BCUT2D eigenvalue weighted by atomic mass is 16.5. The van der Waals surface area contributed by atoms with E-state index in [1.54, 1.807) is 42.3 Å². The molecule has 0 aliphatic carbocycles. The van der Waals surface area contributed by atoms with Gasteiger partial charge in [-0.05, 0) is 55.7 Å². The number of hydrogen-bond donors (Lipinski definition) is 2. The first-order chi connectivity index (χ1) is 16.5. The van der Waals surface area contributed by atoms with Crippen molar-refractivity contribution >= 4 is 34.0 Å². The maximum absolute atomic E-state index is 13.3. The zero-order valence-corrected chi connectivity index (χ0v) is 19.3. The highest BCUT2D eigenvalue weighted by Crippen LogP contribution is 2.34. The lowest BCUT2D eigenvalue weighted by atomic mass is 10.1. The number of carbonyl (C=O) groups excluding carboxylic acids is 1. The molecule has 174 valence electrons. The minimum absolute atomic E-state index is 0.280. The lowest BCUT2D eigenvalue weighted by molar-refractivity contribution is 0.102. The van der Waals surface area contributed by atoms with Gasteiger partial charge in [0.25, 0.3) is 5.91 Å². The molecule has 9 nitrogen and oxygen atoms in total. The lowest BCUT2D eigenvalue weighted by Gasteiger charge is -2.30. The number of rotatable bonds is 5. The van der Waals surface area contributed by atoms with Crippen molar-refractivity contribution in [2.75, 3.05) is 36.1 Å². The summed E-state index contributed by atoms with van der Waals surface area (Å²) in [6, 6.07) is 10.9. The van der Waals surface area contributed by atoms with E-state index in [1.165, 1.54) is 6.42 Å². The van der Waals surface area contributed by atoms with Gasteiger partial charge in [-0.15, -0.1) is 0 Å². The second kappa shape index (κ2) is 9.01. The summed E-state index contributed by atoms with van der Waals surface area (Å²) in [5.41, 5.74) is 10.0. The van der Waals surface area contributed by atoms with Crippen LogP contribution in [0.25, 0.3) is 22.2 Å². The highest BCUT2D eigenvalue weighted by molar-refractivity contribution is 6.06. The molecule has 3 aromatic heterocycles. The van der Waals surface area contributed by atoms with E-state index in [2.05, 4.69) is 31.3 Å². The van der Waals surface area contributed by atoms with Crippen molar-refractivity contribution in [3.8, 4) is 17.0 Å². The first-order valence-corrected chi connectivity index (χ1v) is 11.3. The Labute approximate surface area is 197 Å². The Balaban J connectivity index is 1.51. The van der Waals surface area contributed by atoms with E-state index < -0.39 is 0 Å². The predicted octanol–water partition coefficient (Wildman–Crippen LogP) is 3.86. The van der Waals surface area contributed by atoms with Crippen LogP contribution in [0.2, 0.25) is 0 Å². The molecule has 0 saturated carbocycles. The van der Waals surface area contributed by atoms with Crippen molar-refractivity contribution < 1.29 is 9.53 Å². The zero-order valence-electron chi connectivity index (χ0n) is 19.3. The van der Waals surface area contributed by atoms with Gasteiger partial charge in [-0.25, -0.2) is 9.97 Å². The number of fused-ring (bicyclic) bond motifs is 1. The van der Waals surface area contributed by atoms with Crippen LogP contribution < -0.4 is 20.7 Å². The molecule has 0 radical (unpaired) electrons. The van der Waals surface area contributed by atoms with E-state index in [4.69, 9.17) is 10.5 Å². The third-order valence-corrected chi connectivity index (χ3v) is 6.05. The van der Waals surface area contributed by atoms with Gasteiger partial charge >= 0.3 is 0 Å². The Hall–Kier alpha value is -4.14. The average Bonchev–Trinajstić information content (AvgIpc) is 3.22. The molecule has 1 aliphatic rings. The Bertz CT molecular complexity index is 1360. The molecule has 4 aromatic rings. The number of nitrogens with one attached hydrogen (secondary N) is 1. The van der Waals surface area contributed by atoms with Crippen LogP contribution in [0.15, 0.2) is 48.8 Å². The van der Waals surface area contributed by atoms with E-state index in [0.717, 1.165) is 53.8 Å². The van der Waals surface area contributed by atoms with Gasteiger partial charge in [0, 0.05) is 43.5 Å². The number of nitrogen functional groups attached to an aromatic ring is 1. The number of benzene rings is 1. The molecule has 1 aromatic carbocycles. The van der Waals surface area contributed by atoms with Crippen molar-refractivity contribution in [2.24, 2.45) is 7.05 Å². The Morgan fingerprint density at radius 3 is 2.71 bits per heavy atom. The number of nitrogens with two attached hydrogens (primary N) is 1. The number of anilines is 3. The van der Waals surface area contributed by atoms with Gasteiger partial charge in [0.1, 0.15) is 23.0 Å². The third kappa shape index (κ3) is 4.24. The second-order valence-electron chi connectivity index (χ2n) is 8.45. The summed E-state index contributed by atoms with van der Waals surface area (Å²) in [5, 5.41) is 8.62. The van der Waals surface area contributed by atoms with Crippen LogP contribution >= 0.6 is 0 Å². The first kappa shape index (κ1) is 21.7. The molecule has 1 amide bonds. The molecule has 0 spiro atoms. The normalized spacial score (nSPS) is 13.8. The monoisotopic (exact) mass is 457 g/mol. The number of methoxy groups -OCH3 is 1. The van der Waals surface area contributed by atoms with E-state index in [1.807, 2.05) is 19.3 Å². The van der Waals surface area contributed by atoms with Gasteiger partial charge in [-0.2, -0.15) is 5.10 Å². The number of aromatic nitrogens is 4. The van der Waals surface area contributed by atoms with E-state index in [9.17, 15) is 4.79 Å². The molecule has 5 rings (SSSR count). The fourth-order valence-corrected chi connectivity index (χ4v) is 4.41. The number of nitrogens with zero attached hydrogens (tertiary/aromatic N) is 5. The molecule has 1 aliphatic heterocycles. The van der Waals surface area contributed by atoms with Crippen molar-refractivity contribution in [1.82, 2.24) is 19.7 Å². The molecular formula is C25H27N7O2. The SMILES string of the molecule is COc1ccc(C(=O)Nc2cc3cn(C)nc3cc2N2CCCCC2)nc1-c1ccnc(N)c1. The first-order valence-electron chi connectivity index (χ1n) is 11.3. The second-order valence-corrected chi connectivity index (χ2v) is 8.45. The van der Waals surface area contributed by atoms with Crippen LogP contribution in [-0.4, -0.2) is 45.9 Å². The maximum Gasteiger partial charge on any atom is 0.274 e. The van der Waals surface area contributed by atoms with Crippen molar-refractivity contribution in [1.29, 1.82) is 0 Å². The maximum atomic E-state index is 13.3. The molecule has 9 heteroatoms. The van der Waals surface area contributed by atoms with Gasteiger partial charge in [0.2, 0.25) is 0 Å². The summed E-state index contributed by atoms with van der Waals surface area (Å²) in [6.45, 7) is 1.91. The smallest absolute Gasteiger partial charge is 0.274 e. The summed E-state index contributed by atoms with van der Waals surface area (Å²) in [5.74, 6) is 0.618. The van der Waals surface area contributed by atoms with E-state index in [0.29, 0.717) is 17.3 Å². The van der Waals surface area contributed by atoms with E-state index >= 15 is 0 Å². The Morgan fingerprint density at radius 2 is 1.94 bits per heavy atom. The molecule has 0 bridgehead atoms. The van der Waals surface area contributed by atoms with Gasteiger partial charge in [-0.1, -0.05) is 0 Å². The van der Waals surface area contributed by atoms with Gasteiger partial charge in [0.05, 0.1) is 24.0 Å². The molecule has 1 fully saturated rings. The van der Waals surface area contributed by atoms with Crippen LogP contribution in [0.4, 0.5) is 17.2 Å². The average molecular weight is 458 g/mol. The molecule has 3 N–H and O–H groups in total. The quantitative estimate of drug-likeness (QED) is 0.468. The van der Waals surface area contributed by atoms with Crippen LogP contribution in [0.1, 0.15) is 29.8 Å². The van der Waals surface area contributed by atoms with Gasteiger partial charge in [-0.3, -0.25) is 9.48 Å². The van der Waals surface area contributed by atoms with Gasteiger partial charge < -0.3 is 20.7 Å². The molecular weight excluding hydrogens is 430 g/mol. The number of carbonyl (C=O) groups is 1. The molecule has 0 unspecified atom stereocenters.